The fourth-order valence-corrected chi connectivity index (χ4v) is 1.21. The number of aromatic nitrogens is 2. The van der Waals surface area contributed by atoms with E-state index in [1.807, 2.05) is 21.0 Å². The molecule has 5 heteroatoms. The van der Waals surface area contributed by atoms with Gasteiger partial charge in [-0.2, -0.15) is 5.10 Å². The second kappa shape index (κ2) is 5.50. The van der Waals surface area contributed by atoms with Gasteiger partial charge in [0, 0.05) is 12.2 Å². The van der Waals surface area contributed by atoms with Crippen LogP contribution < -0.4 is 5.32 Å². The van der Waals surface area contributed by atoms with Crippen molar-refractivity contribution in [3.05, 3.63) is 18.0 Å². The van der Waals surface area contributed by atoms with Gasteiger partial charge in [0.25, 0.3) is 5.91 Å². The lowest BCUT2D eigenvalue weighted by atomic mass is 10.2. The Morgan fingerprint density at radius 2 is 2.40 bits per heavy atom. The molecule has 84 valence electrons. The number of carbonyl (C=O) groups excluding carboxylic acids is 1. The molecule has 1 rings (SSSR count). The Morgan fingerprint density at radius 3 is 2.93 bits per heavy atom. The number of aromatic amines is 1. The van der Waals surface area contributed by atoms with Gasteiger partial charge in [-0.25, -0.2) is 0 Å². The highest BCUT2D eigenvalue weighted by Gasteiger charge is 2.10. The monoisotopic (exact) mass is 210 g/mol. The quantitative estimate of drug-likeness (QED) is 0.743. The molecule has 0 radical (unpaired) electrons. The molecular formula is C10H18N4O. The van der Waals surface area contributed by atoms with E-state index in [1.54, 1.807) is 6.20 Å². The highest BCUT2D eigenvalue weighted by Crippen LogP contribution is 1.97. The van der Waals surface area contributed by atoms with Gasteiger partial charge >= 0.3 is 0 Å². The molecule has 1 unspecified atom stereocenters. The van der Waals surface area contributed by atoms with E-state index >= 15 is 0 Å². The van der Waals surface area contributed by atoms with Gasteiger partial charge in [-0.3, -0.25) is 9.89 Å². The smallest absolute Gasteiger partial charge is 0.254 e. The van der Waals surface area contributed by atoms with Gasteiger partial charge in [0.05, 0.1) is 11.8 Å². The highest BCUT2D eigenvalue weighted by molar-refractivity contribution is 5.93. The molecule has 0 fully saturated rings. The second-order valence-electron chi connectivity index (χ2n) is 3.95. The molecule has 0 saturated heterocycles. The molecule has 15 heavy (non-hydrogen) atoms. The molecule has 1 aromatic rings. The minimum absolute atomic E-state index is 0.0741. The van der Waals surface area contributed by atoms with Crippen LogP contribution in [0.15, 0.2) is 12.4 Å². The minimum atomic E-state index is -0.0741. The molecule has 0 bridgehead atoms. The van der Waals surface area contributed by atoms with E-state index in [0.29, 0.717) is 5.56 Å². The minimum Gasteiger partial charge on any atom is -0.349 e. The summed E-state index contributed by atoms with van der Waals surface area (Å²) in [4.78, 5) is 13.7. The summed E-state index contributed by atoms with van der Waals surface area (Å²) in [5.74, 6) is -0.0741. The van der Waals surface area contributed by atoms with Crippen molar-refractivity contribution in [1.29, 1.82) is 0 Å². The zero-order valence-electron chi connectivity index (χ0n) is 9.45. The molecule has 0 aliphatic carbocycles. The van der Waals surface area contributed by atoms with E-state index in [4.69, 9.17) is 0 Å². The summed E-state index contributed by atoms with van der Waals surface area (Å²) in [6.45, 7) is 2.97. The number of hydrogen-bond donors (Lipinski definition) is 2. The van der Waals surface area contributed by atoms with Crippen LogP contribution in [0.1, 0.15) is 23.7 Å². The fourth-order valence-electron chi connectivity index (χ4n) is 1.21. The van der Waals surface area contributed by atoms with Gasteiger partial charge in [-0.05, 0) is 34.0 Å². The Hall–Kier alpha value is -1.36. The first-order chi connectivity index (χ1) is 7.09. The van der Waals surface area contributed by atoms with Crippen LogP contribution in [0.5, 0.6) is 0 Å². The van der Waals surface area contributed by atoms with Crippen LogP contribution >= 0.6 is 0 Å². The summed E-state index contributed by atoms with van der Waals surface area (Å²) in [5.41, 5.74) is 0.576. The van der Waals surface area contributed by atoms with Crippen LogP contribution in [-0.2, 0) is 0 Å². The van der Waals surface area contributed by atoms with E-state index in [2.05, 4.69) is 20.4 Å². The number of carbonyl (C=O) groups is 1. The molecule has 5 nitrogen and oxygen atoms in total. The van der Waals surface area contributed by atoms with Gasteiger partial charge in [0.1, 0.15) is 0 Å². The maximum atomic E-state index is 11.6. The van der Waals surface area contributed by atoms with Crippen LogP contribution in [0, 0.1) is 0 Å². The third-order valence-corrected chi connectivity index (χ3v) is 2.15. The number of nitrogens with zero attached hydrogens (tertiary/aromatic N) is 2. The maximum absolute atomic E-state index is 11.6. The summed E-state index contributed by atoms with van der Waals surface area (Å²) >= 11 is 0. The predicted octanol–water partition coefficient (Wildman–Crippen LogP) is 0.480. The van der Waals surface area contributed by atoms with Crippen LogP contribution in [0.2, 0.25) is 0 Å². The number of hydrogen-bond acceptors (Lipinski definition) is 3. The van der Waals surface area contributed by atoms with Gasteiger partial charge in [-0.15, -0.1) is 0 Å². The van der Waals surface area contributed by atoms with Crippen LogP contribution in [0.4, 0.5) is 0 Å². The topological polar surface area (TPSA) is 61.0 Å². The standard InChI is InChI=1S/C10H18N4O/c1-8(4-5-14(2)3)13-10(15)9-6-11-12-7-9/h6-8H,4-5H2,1-3H3,(H,11,12)(H,13,15). The summed E-state index contributed by atoms with van der Waals surface area (Å²) < 4.78 is 0. The van der Waals surface area contributed by atoms with Gasteiger partial charge in [-0.1, -0.05) is 0 Å². The largest absolute Gasteiger partial charge is 0.349 e. The predicted molar refractivity (Wildman–Crippen MR) is 58.7 cm³/mol. The van der Waals surface area contributed by atoms with Crippen LogP contribution in [0.25, 0.3) is 0 Å². The van der Waals surface area contributed by atoms with Crippen molar-refractivity contribution in [2.24, 2.45) is 0 Å². The van der Waals surface area contributed by atoms with E-state index < -0.39 is 0 Å². The van der Waals surface area contributed by atoms with Crippen molar-refractivity contribution in [3.8, 4) is 0 Å². The lowest BCUT2D eigenvalue weighted by Crippen LogP contribution is -2.34. The van der Waals surface area contributed by atoms with Crippen LogP contribution in [0.3, 0.4) is 0 Å². The molecule has 0 saturated carbocycles. The molecule has 1 atom stereocenters. The summed E-state index contributed by atoms with van der Waals surface area (Å²) in [7, 11) is 4.04. The first kappa shape index (κ1) is 11.7. The Morgan fingerprint density at radius 1 is 1.67 bits per heavy atom. The third kappa shape index (κ3) is 4.12. The van der Waals surface area contributed by atoms with E-state index in [9.17, 15) is 4.79 Å². The molecule has 0 aliphatic heterocycles. The van der Waals surface area contributed by atoms with Gasteiger partial charge < -0.3 is 10.2 Å². The molecule has 0 spiro atoms. The molecule has 0 aromatic carbocycles. The number of H-pyrrole nitrogens is 1. The Labute approximate surface area is 89.9 Å². The lowest BCUT2D eigenvalue weighted by Gasteiger charge is -2.16. The maximum Gasteiger partial charge on any atom is 0.254 e. The second-order valence-corrected chi connectivity index (χ2v) is 3.95. The summed E-state index contributed by atoms with van der Waals surface area (Å²) in [6.07, 6.45) is 4.05. The normalized spacial score (nSPS) is 12.8. The molecular weight excluding hydrogens is 192 g/mol. The number of amides is 1. The van der Waals surface area contributed by atoms with E-state index in [0.717, 1.165) is 13.0 Å². The lowest BCUT2D eigenvalue weighted by molar-refractivity contribution is 0.0937. The van der Waals surface area contributed by atoms with Crippen molar-refractivity contribution in [2.45, 2.75) is 19.4 Å². The van der Waals surface area contributed by atoms with Crippen molar-refractivity contribution < 1.29 is 4.79 Å². The van der Waals surface area contributed by atoms with Crippen molar-refractivity contribution >= 4 is 5.91 Å². The number of rotatable bonds is 5. The average molecular weight is 210 g/mol. The first-order valence-corrected chi connectivity index (χ1v) is 5.04. The molecule has 2 N–H and O–H groups in total. The van der Waals surface area contributed by atoms with E-state index in [1.165, 1.54) is 6.20 Å². The SMILES string of the molecule is CC(CCN(C)C)NC(=O)c1cn[nH]c1. The first-order valence-electron chi connectivity index (χ1n) is 5.04. The Kier molecular flexibility index (Phi) is 4.30. The molecule has 1 amide bonds. The Balaban J connectivity index is 2.32. The van der Waals surface area contributed by atoms with E-state index in [-0.39, 0.29) is 11.9 Å². The van der Waals surface area contributed by atoms with Gasteiger partial charge in [0.15, 0.2) is 0 Å². The number of nitrogens with one attached hydrogen (secondary N) is 2. The van der Waals surface area contributed by atoms with Crippen molar-refractivity contribution in [1.82, 2.24) is 20.4 Å². The van der Waals surface area contributed by atoms with Crippen LogP contribution in [-0.4, -0.2) is 47.7 Å². The summed E-state index contributed by atoms with van der Waals surface area (Å²) in [5, 5.41) is 9.26. The molecule has 0 aliphatic rings. The van der Waals surface area contributed by atoms with Gasteiger partial charge in [0.2, 0.25) is 0 Å². The fraction of sp³-hybridized carbons (Fsp3) is 0.600. The molecule has 1 aromatic heterocycles. The zero-order valence-corrected chi connectivity index (χ0v) is 9.45. The highest BCUT2D eigenvalue weighted by atomic mass is 16.1. The van der Waals surface area contributed by atoms with Crippen molar-refractivity contribution in [3.63, 3.8) is 0 Å². The molecule has 1 heterocycles. The zero-order chi connectivity index (χ0) is 11.3. The van der Waals surface area contributed by atoms with Crippen molar-refractivity contribution in [2.75, 3.05) is 20.6 Å². The summed E-state index contributed by atoms with van der Waals surface area (Å²) in [6, 6.07) is 0.176. The average Bonchev–Trinajstić information content (AvgIpc) is 2.67. The Bertz CT molecular complexity index is 294. The third-order valence-electron chi connectivity index (χ3n) is 2.15.